The molecule has 4 aliphatic rings. The molecule has 0 aromatic heterocycles. The molecule has 3 aliphatic heterocycles. The summed E-state index contributed by atoms with van der Waals surface area (Å²) in [7, 11) is 4.02. The zero-order chi connectivity index (χ0) is 26.2. The molecule has 1 saturated carbocycles. The number of nitrogens with one attached hydrogen (secondary N) is 2. The monoisotopic (exact) mass is 511 g/mol. The fraction of sp³-hybridized carbons (Fsp3) is 0.923. The van der Waals surface area contributed by atoms with Gasteiger partial charge in [0.2, 0.25) is 0 Å². The number of piperazine rings is 3. The largest absolute Gasteiger partial charge is 0.449 e. The second-order valence-corrected chi connectivity index (χ2v) is 12.2. The molecule has 3 heterocycles. The summed E-state index contributed by atoms with van der Waals surface area (Å²) >= 11 is 0. The van der Waals surface area contributed by atoms with Gasteiger partial charge in [-0.25, -0.2) is 9.59 Å². The maximum Gasteiger partial charge on any atom is 0.407 e. The Labute approximate surface area is 217 Å². The van der Waals surface area contributed by atoms with Gasteiger partial charge in [0.1, 0.15) is 6.61 Å². The van der Waals surface area contributed by atoms with Crippen LogP contribution in [0.3, 0.4) is 0 Å². The topological polar surface area (TPSA) is 95.6 Å². The van der Waals surface area contributed by atoms with Crippen molar-refractivity contribution in [3.05, 3.63) is 0 Å². The molecule has 10 nitrogen and oxygen atoms in total. The normalized spacial score (nSPS) is 31.2. The number of ether oxygens (including phenoxy) is 3. The molecular formula is C26H49N5O5. The van der Waals surface area contributed by atoms with Crippen molar-refractivity contribution in [1.82, 2.24) is 25.3 Å². The maximum absolute atomic E-state index is 12.5. The summed E-state index contributed by atoms with van der Waals surface area (Å²) in [6.07, 6.45) is 2.57. The summed E-state index contributed by atoms with van der Waals surface area (Å²) in [5.41, 5.74) is -0.0992. The number of carbonyl (C=O) groups is 2. The molecule has 3 saturated heterocycles. The van der Waals surface area contributed by atoms with Crippen LogP contribution in [0.1, 0.15) is 46.5 Å². The highest BCUT2D eigenvalue weighted by molar-refractivity contribution is 5.68. The highest BCUT2D eigenvalue weighted by atomic mass is 16.6. The molecule has 0 aromatic carbocycles. The van der Waals surface area contributed by atoms with E-state index in [-0.39, 0.29) is 29.1 Å². The minimum absolute atomic E-state index is 0.0000465. The Kier molecular flexibility index (Phi) is 10.7. The number of alkyl carbamates (subject to hydrolysis) is 2. The number of nitrogens with zero attached hydrogens (tertiary/aromatic N) is 3. The van der Waals surface area contributed by atoms with Gasteiger partial charge in [0, 0.05) is 64.9 Å². The molecule has 1 aliphatic carbocycles. The van der Waals surface area contributed by atoms with Crippen LogP contribution in [0.2, 0.25) is 0 Å². The molecule has 3 unspecified atom stereocenters. The van der Waals surface area contributed by atoms with Gasteiger partial charge in [0.05, 0.1) is 19.3 Å². The lowest BCUT2D eigenvalue weighted by Crippen LogP contribution is -2.62. The smallest absolute Gasteiger partial charge is 0.407 e. The number of fused-ring (bicyclic) bond motifs is 3. The zero-order valence-corrected chi connectivity index (χ0v) is 23.1. The first-order valence-electron chi connectivity index (χ1n) is 13.6. The Hall–Kier alpha value is -1.62. The van der Waals surface area contributed by atoms with Gasteiger partial charge in [-0.2, -0.15) is 0 Å². The van der Waals surface area contributed by atoms with E-state index in [4.69, 9.17) is 14.2 Å². The Morgan fingerprint density at radius 2 is 1.72 bits per heavy atom. The first-order chi connectivity index (χ1) is 17.0. The highest BCUT2D eigenvalue weighted by Crippen LogP contribution is 2.45. The summed E-state index contributed by atoms with van der Waals surface area (Å²) in [6.45, 7) is 15.4. The number of carbonyl (C=O) groups excluding carboxylic acids is 2. The quantitative estimate of drug-likeness (QED) is 0.384. The molecule has 2 bridgehead atoms. The number of rotatable bonds is 12. The van der Waals surface area contributed by atoms with Crippen LogP contribution in [-0.2, 0) is 14.2 Å². The molecule has 36 heavy (non-hydrogen) atoms. The molecule has 0 radical (unpaired) electrons. The predicted molar refractivity (Wildman–Crippen MR) is 139 cm³/mol. The molecule has 0 aromatic rings. The van der Waals surface area contributed by atoms with Gasteiger partial charge in [-0.15, -0.1) is 0 Å². The second-order valence-electron chi connectivity index (χ2n) is 12.2. The van der Waals surface area contributed by atoms with Crippen molar-refractivity contribution in [2.24, 2.45) is 10.8 Å². The van der Waals surface area contributed by atoms with Crippen LogP contribution in [0.25, 0.3) is 0 Å². The molecule has 3 atom stereocenters. The first kappa shape index (κ1) is 28.9. The minimum Gasteiger partial charge on any atom is -0.449 e. The van der Waals surface area contributed by atoms with Crippen molar-refractivity contribution in [3.63, 3.8) is 0 Å². The van der Waals surface area contributed by atoms with Crippen LogP contribution in [0, 0.1) is 10.8 Å². The summed E-state index contributed by atoms with van der Waals surface area (Å²) in [6, 6.07) is 0.298. The third-order valence-electron chi connectivity index (χ3n) is 7.57. The molecule has 2 amide bonds. The van der Waals surface area contributed by atoms with Crippen LogP contribution in [0.15, 0.2) is 0 Å². The van der Waals surface area contributed by atoms with Crippen molar-refractivity contribution < 1.29 is 23.8 Å². The van der Waals surface area contributed by atoms with E-state index in [0.29, 0.717) is 45.4 Å². The van der Waals surface area contributed by atoms with E-state index in [0.717, 1.165) is 58.5 Å². The summed E-state index contributed by atoms with van der Waals surface area (Å²) in [4.78, 5) is 31.8. The molecule has 4 rings (SSSR count). The van der Waals surface area contributed by atoms with E-state index < -0.39 is 0 Å². The summed E-state index contributed by atoms with van der Waals surface area (Å²) in [5.74, 6) is 0. The Morgan fingerprint density at radius 1 is 0.972 bits per heavy atom. The van der Waals surface area contributed by atoms with E-state index in [9.17, 15) is 9.59 Å². The van der Waals surface area contributed by atoms with Crippen LogP contribution in [0.5, 0.6) is 0 Å². The standard InChI is InChI=1S/C26H49N5O5/c1-25(2)15-21(28-24(33)35-13-6-12-34-14-11-29(4)5)16-26(3,19-25)20-27-23(32)36-18-22-17-30-7-9-31(22)10-8-30/h21-22H,6-20H2,1-5H3,(H,27,32)(H,28,33). The van der Waals surface area contributed by atoms with Crippen molar-refractivity contribution in [2.75, 3.05) is 86.3 Å². The first-order valence-corrected chi connectivity index (χ1v) is 13.6. The summed E-state index contributed by atoms with van der Waals surface area (Å²) < 4.78 is 16.5. The van der Waals surface area contributed by atoms with E-state index in [1.54, 1.807) is 0 Å². The fourth-order valence-corrected chi connectivity index (χ4v) is 6.14. The fourth-order valence-electron chi connectivity index (χ4n) is 6.14. The van der Waals surface area contributed by atoms with Gasteiger partial charge in [0.25, 0.3) is 0 Å². The van der Waals surface area contributed by atoms with E-state index >= 15 is 0 Å². The van der Waals surface area contributed by atoms with Crippen LogP contribution in [0.4, 0.5) is 9.59 Å². The van der Waals surface area contributed by atoms with Crippen LogP contribution >= 0.6 is 0 Å². The molecular weight excluding hydrogens is 462 g/mol. The van der Waals surface area contributed by atoms with E-state index in [1.165, 1.54) is 0 Å². The van der Waals surface area contributed by atoms with Gasteiger partial charge in [0.15, 0.2) is 0 Å². The SMILES string of the molecule is CN(C)CCOCCCOC(=O)NC1CC(C)(C)CC(C)(CNC(=O)OCC2CN3CCN2CC3)C1. The van der Waals surface area contributed by atoms with Crippen molar-refractivity contribution >= 4 is 12.2 Å². The Balaban J connectivity index is 1.35. The van der Waals surface area contributed by atoms with Gasteiger partial charge in [-0.05, 0) is 44.2 Å². The van der Waals surface area contributed by atoms with E-state index in [1.807, 2.05) is 14.1 Å². The van der Waals surface area contributed by atoms with Gasteiger partial charge in [-0.1, -0.05) is 20.8 Å². The minimum atomic E-state index is -0.381. The number of hydrogen-bond acceptors (Lipinski definition) is 8. The predicted octanol–water partition coefficient (Wildman–Crippen LogP) is 1.99. The van der Waals surface area contributed by atoms with Crippen molar-refractivity contribution in [3.8, 4) is 0 Å². The zero-order valence-electron chi connectivity index (χ0n) is 23.1. The molecule has 2 N–H and O–H groups in total. The van der Waals surface area contributed by atoms with Crippen LogP contribution < -0.4 is 10.6 Å². The second kappa shape index (κ2) is 13.3. The highest BCUT2D eigenvalue weighted by Gasteiger charge is 2.42. The van der Waals surface area contributed by atoms with Crippen molar-refractivity contribution in [2.45, 2.75) is 58.5 Å². The average molecular weight is 512 g/mol. The summed E-state index contributed by atoms with van der Waals surface area (Å²) in [5, 5.41) is 6.05. The van der Waals surface area contributed by atoms with Crippen LogP contribution in [-0.4, -0.2) is 125 Å². The Bertz CT molecular complexity index is 713. The molecule has 208 valence electrons. The molecule has 4 fully saturated rings. The average Bonchev–Trinajstić information content (AvgIpc) is 2.80. The van der Waals surface area contributed by atoms with Gasteiger partial charge < -0.3 is 29.7 Å². The number of likely N-dealkylation sites (N-methyl/N-ethyl adjacent to an activating group) is 1. The van der Waals surface area contributed by atoms with E-state index in [2.05, 4.69) is 46.1 Å². The van der Waals surface area contributed by atoms with Gasteiger partial charge in [-0.3, -0.25) is 9.80 Å². The third kappa shape index (κ3) is 9.68. The lowest BCUT2D eigenvalue weighted by Gasteiger charge is -2.47. The van der Waals surface area contributed by atoms with Gasteiger partial charge >= 0.3 is 12.2 Å². The lowest BCUT2D eigenvalue weighted by atomic mass is 9.62. The molecule has 0 spiro atoms. The lowest BCUT2D eigenvalue weighted by molar-refractivity contribution is -0.0153. The maximum atomic E-state index is 12.5. The number of hydrogen-bond donors (Lipinski definition) is 2. The third-order valence-corrected chi connectivity index (χ3v) is 7.57. The van der Waals surface area contributed by atoms with Crippen molar-refractivity contribution in [1.29, 1.82) is 0 Å². The molecule has 10 heteroatoms. The number of amides is 2. The Morgan fingerprint density at radius 3 is 2.39 bits per heavy atom.